The number of amides is 2. The molecular formula is C36H36FN3O7S. The summed E-state index contributed by atoms with van der Waals surface area (Å²) in [6.45, 7) is 0. The summed E-state index contributed by atoms with van der Waals surface area (Å²) in [5, 5.41) is 29.3. The first kappa shape index (κ1) is 34.4. The molecule has 48 heavy (non-hydrogen) atoms. The lowest BCUT2D eigenvalue weighted by Gasteiger charge is -2.48. The number of nitrogens with two attached hydrogens (primary N) is 1. The first-order chi connectivity index (χ1) is 23.0. The second kappa shape index (κ2) is 15.3. The van der Waals surface area contributed by atoms with Gasteiger partial charge in [0.05, 0.1) is 18.1 Å². The zero-order chi connectivity index (χ0) is 34.4. The maximum absolute atomic E-state index is 13.6. The van der Waals surface area contributed by atoms with Crippen molar-refractivity contribution in [2.24, 2.45) is 17.6 Å². The highest BCUT2D eigenvalue weighted by Crippen LogP contribution is 2.46. The van der Waals surface area contributed by atoms with E-state index in [-0.39, 0.29) is 23.4 Å². The Balaban J connectivity index is 1.29. The lowest BCUT2D eigenvalue weighted by molar-refractivity contribution is -0.154. The van der Waals surface area contributed by atoms with Crippen molar-refractivity contribution in [3.8, 4) is 0 Å². The molecule has 2 heterocycles. The molecule has 0 bridgehead atoms. The summed E-state index contributed by atoms with van der Waals surface area (Å²) in [5.74, 6) is -5.56. The van der Waals surface area contributed by atoms with Gasteiger partial charge in [0.1, 0.15) is 5.82 Å². The van der Waals surface area contributed by atoms with E-state index in [0.29, 0.717) is 44.1 Å². The highest BCUT2D eigenvalue weighted by atomic mass is 32.1. The number of aromatic nitrogens is 1. The lowest BCUT2D eigenvalue weighted by atomic mass is 9.78. The van der Waals surface area contributed by atoms with Crippen molar-refractivity contribution in [3.05, 3.63) is 117 Å². The topological polar surface area (TPSA) is 171 Å². The number of carboxylic acids is 2. The van der Waals surface area contributed by atoms with Crippen molar-refractivity contribution in [1.82, 2.24) is 4.98 Å². The van der Waals surface area contributed by atoms with E-state index in [4.69, 9.17) is 15.9 Å². The number of aryl methyl sites for hydroxylation is 3. The molecular weight excluding hydrogens is 637 g/mol. The number of aliphatic carboxylic acids is 2. The summed E-state index contributed by atoms with van der Waals surface area (Å²) < 4.78 is 13.4. The molecule has 250 valence electrons. The predicted molar refractivity (Wildman–Crippen MR) is 177 cm³/mol. The van der Waals surface area contributed by atoms with Crippen molar-refractivity contribution in [1.29, 1.82) is 0 Å². The van der Waals surface area contributed by atoms with Gasteiger partial charge in [0, 0.05) is 16.8 Å². The van der Waals surface area contributed by atoms with Gasteiger partial charge in [-0.1, -0.05) is 48.5 Å². The third-order valence-corrected chi connectivity index (χ3v) is 9.81. The van der Waals surface area contributed by atoms with Gasteiger partial charge >= 0.3 is 11.9 Å². The van der Waals surface area contributed by atoms with E-state index in [0.717, 1.165) is 27.3 Å². The number of anilines is 1. The fourth-order valence-corrected chi connectivity index (χ4v) is 6.82. The molecule has 1 aliphatic heterocycles. The van der Waals surface area contributed by atoms with E-state index in [1.165, 1.54) is 35.6 Å². The maximum atomic E-state index is 13.6. The van der Waals surface area contributed by atoms with Crippen LogP contribution in [0.2, 0.25) is 0 Å². The second-order valence-electron chi connectivity index (χ2n) is 11.9. The maximum Gasteiger partial charge on any atom is 0.317 e. The number of carbonyl (C=O) groups excluding carboxylic acids is 2. The average molecular weight is 674 g/mol. The molecule has 3 atom stereocenters. The number of hydrogen-bond donors (Lipinski definition) is 4. The Bertz CT molecular complexity index is 1750. The van der Waals surface area contributed by atoms with Gasteiger partial charge in [-0.3, -0.25) is 19.2 Å². The average Bonchev–Trinajstić information content (AvgIpc) is 3.55. The van der Waals surface area contributed by atoms with Crippen LogP contribution in [-0.2, 0) is 33.6 Å². The van der Waals surface area contributed by atoms with E-state index in [9.17, 15) is 28.7 Å². The molecule has 0 unspecified atom stereocenters. The number of aliphatic hydroxyl groups is 1. The fourth-order valence-electron chi connectivity index (χ4n) is 6.06. The molecule has 4 aromatic rings. The number of nitrogens with zero attached hydrogens (tertiary/aromatic N) is 2. The molecule has 0 radical (unpaired) electrons. The Morgan fingerprint density at radius 1 is 0.875 bits per heavy atom. The smallest absolute Gasteiger partial charge is 0.317 e. The highest BCUT2D eigenvalue weighted by Gasteiger charge is 2.48. The highest BCUT2D eigenvalue weighted by molar-refractivity contribution is 7.13. The largest absolute Gasteiger partial charge is 0.481 e. The van der Waals surface area contributed by atoms with Crippen LogP contribution < -0.4 is 10.6 Å². The Morgan fingerprint density at radius 2 is 1.50 bits per heavy atom. The Kier molecular flexibility index (Phi) is 11.0. The molecule has 1 aliphatic rings. The van der Waals surface area contributed by atoms with Gasteiger partial charge in [-0.2, -0.15) is 0 Å². The number of thiazole rings is 1. The number of primary amides is 1. The van der Waals surface area contributed by atoms with Crippen LogP contribution in [0.1, 0.15) is 74.8 Å². The van der Waals surface area contributed by atoms with Crippen molar-refractivity contribution >= 4 is 40.8 Å². The Labute approximate surface area is 280 Å². The third kappa shape index (κ3) is 8.12. The van der Waals surface area contributed by atoms with Crippen LogP contribution in [0.15, 0.2) is 79.0 Å². The van der Waals surface area contributed by atoms with Crippen molar-refractivity contribution in [2.75, 3.05) is 4.90 Å². The second-order valence-corrected chi connectivity index (χ2v) is 13.0. The molecule has 3 aromatic carbocycles. The van der Waals surface area contributed by atoms with Crippen LogP contribution in [0.25, 0.3) is 0 Å². The molecule has 1 aromatic heterocycles. The number of β-lactam (4-membered cyclic amide) rings is 1. The Morgan fingerprint density at radius 3 is 2.10 bits per heavy atom. The van der Waals surface area contributed by atoms with Crippen molar-refractivity contribution in [2.45, 2.75) is 57.1 Å². The van der Waals surface area contributed by atoms with Crippen LogP contribution in [-0.4, -0.2) is 44.1 Å². The molecule has 1 saturated heterocycles. The number of carboxylic acid groups (broad SMARTS) is 2. The summed E-state index contributed by atoms with van der Waals surface area (Å²) in [6.07, 6.45) is 3.84. The standard InChI is InChI=1S/C36H36FN3O7S/c37-25-13-11-23(12-14-25)30(41)19-18-28-31(24-9-4-21(5-10-24)2-1-3-29(35(44)45)36(46)47)40(34(28)43)26-15-6-22(7-16-26)8-17-27-20-39-33(48-27)32(38)42/h4-7,9-16,20,28-31,41H,1-3,8,17-19H2,(H2,38,42)(H,44,45)(H,46,47)/t28-,30+,31-/m1/s1. The van der Waals surface area contributed by atoms with E-state index in [2.05, 4.69) is 4.98 Å². The molecule has 12 heteroatoms. The SMILES string of the molecule is NC(=O)c1ncc(CCc2ccc(N3C(=O)[C@H](CC[C@H](O)c4ccc(F)cc4)[C@H]3c3ccc(CCCC(C(=O)O)C(=O)O)cc3)cc2)s1. The lowest BCUT2D eigenvalue weighted by Crippen LogP contribution is -2.55. The quantitative estimate of drug-likeness (QED) is 0.0893. The van der Waals surface area contributed by atoms with Gasteiger partial charge in [0.2, 0.25) is 5.91 Å². The van der Waals surface area contributed by atoms with Gasteiger partial charge in [0.25, 0.3) is 5.91 Å². The molecule has 0 aliphatic carbocycles. The fraction of sp³-hybridized carbons (Fsp3) is 0.306. The number of aliphatic hydroxyl groups excluding tert-OH is 1. The number of benzene rings is 3. The number of rotatable bonds is 16. The van der Waals surface area contributed by atoms with Crippen LogP contribution >= 0.6 is 11.3 Å². The van der Waals surface area contributed by atoms with Gasteiger partial charge in [-0.05, 0) is 91.5 Å². The van der Waals surface area contributed by atoms with E-state index in [1.807, 2.05) is 48.5 Å². The summed E-state index contributed by atoms with van der Waals surface area (Å²) in [7, 11) is 0. The monoisotopic (exact) mass is 673 g/mol. The van der Waals surface area contributed by atoms with Gasteiger partial charge in [-0.15, -0.1) is 11.3 Å². The normalized spacial score (nSPS) is 16.5. The van der Waals surface area contributed by atoms with Crippen LogP contribution in [0.4, 0.5) is 10.1 Å². The molecule has 0 saturated carbocycles. The minimum Gasteiger partial charge on any atom is -0.481 e. The molecule has 5 rings (SSSR count). The molecule has 10 nitrogen and oxygen atoms in total. The molecule has 2 amide bonds. The number of halogens is 1. The number of carbonyl (C=O) groups is 4. The third-order valence-electron chi connectivity index (χ3n) is 8.73. The Hall–Kier alpha value is -4.94. The van der Waals surface area contributed by atoms with Crippen molar-refractivity contribution < 1.29 is 38.9 Å². The van der Waals surface area contributed by atoms with Crippen LogP contribution in [0.3, 0.4) is 0 Å². The summed E-state index contributed by atoms with van der Waals surface area (Å²) in [4.78, 5) is 54.1. The first-order valence-electron chi connectivity index (χ1n) is 15.7. The van der Waals surface area contributed by atoms with Crippen LogP contribution in [0, 0.1) is 17.7 Å². The first-order valence-corrected chi connectivity index (χ1v) is 16.5. The van der Waals surface area contributed by atoms with E-state index < -0.39 is 41.6 Å². The van der Waals surface area contributed by atoms with Gasteiger partial charge in [-0.25, -0.2) is 9.37 Å². The minimum atomic E-state index is -1.45. The minimum absolute atomic E-state index is 0.0183. The molecule has 0 spiro atoms. The van der Waals surface area contributed by atoms with Gasteiger partial charge in [0.15, 0.2) is 10.9 Å². The predicted octanol–water partition coefficient (Wildman–Crippen LogP) is 5.49. The van der Waals surface area contributed by atoms with Crippen LogP contribution in [0.5, 0.6) is 0 Å². The summed E-state index contributed by atoms with van der Waals surface area (Å²) in [5.41, 5.74) is 9.48. The van der Waals surface area contributed by atoms with E-state index >= 15 is 0 Å². The zero-order valence-corrected chi connectivity index (χ0v) is 26.8. The van der Waals surface area contributed by atoms with E-state index in [1.54, 1.807) is 11.1 Å². The summed E-state index contributed by atoms with van der Waals surface area (Å²) >= 11 is 1.27. The molecule has 1 fully saturated rings. The molecule has 5 N–H and O–H groups in total. The van der Waals surface area contributed by atoms with Gasteiger partial charge < -0.3 is 26.0 Å². The summed E-state index contributed by atoms with van der Waals surface area (Å²) in [6, 6.07) is 20.8. The zero-order valence-electron chi connectivity index (χ0n) is 26.0. The van der Waals surface area contributed by atoms with Crippen molar-refractivity contribution in [3.63, 3.8) is 0 Å². The number of hydrogen-bond acceptors (Lipinski definition) is 7.